The molecular weight excluding hydrogens is 238 g/mol. The summed E-state index contributed by atoms with van der Waals surface area (Å²) in [6.07, 6.45) is 9.24. The Labute approximate surface area is 112 Å². The normalized spacial score (nSPS) is 16.3. The van der Waals surface area contributed by atoms with Gasteiger partial charge in [0.25, 0.3) is 0 Å². The Kier molecular flexibility index (Phi) is 3.54. The van der Waals surface area contributed by atoms with Gasteiger partial charge in [0.15, 0.2) is 0 Å². The van der Waals surface area contributed by atoms with Crippen molar-refractivity contribution in [3.05, 3.63) is 43.1 Å². The molecule has 1 N–H and O–H groups in total. The molecule has 5 nitrogen and oxygen atoms in total. The summed E-state index contributed by atoms with van der Waals surface area (Å²) in [5, 5.41) is 3.48. The number of hydrogen-bond donors (Lipinski definition) is 1. The maximum absolute atomic E-state index is 4.40. The van der Waals surface area contributed by atoms with Gasteiger partial charge in [-0.15, -0.1) is 0 Å². The number of rotatable bonds is 3. The lowest BCUT2D eigenvalue weighted by molar-refractivity contribution is 0.523. The van der Waals surface area contributed by atoms with E-state index in [1.807, 2.05) is 30.7 Å². The number of aromatic nitrogens is 3. The Bertz CT molecular complexity index is 494. The second-order valence-electron chi connectivity index (χ2n) is 4.72. The Balaban J connectivity index is 1.55. The van der Waals surface area contributed by atoms with E-state index < -0.39 is 0 Å². The molecule has 0 bridgehead atoms. The van der Waals surface area contributed by atoms with Crippen molar-refractivity contribution >= 4 is 11.5 Å². The van der Waals surface area contributed by atoms with Gasteiger partial charge in [-0.1, -0.05) is 6.07 Å². The molecule has 5 heteroatoms. The Morgan fingerprint density at radius 1 is 1.11 bits per heavy atom. The molecule has 98 valence electrons. The lowest BCUT2D eigenvalue weighted by Gasteiger charge is -2.33. The third kappa shape index (κ3) is 2.99. The van der Waals surface area contributed by atoms with Gasteiger partial charge in [-0.3, -0.25) is 0 Å². The fourth-order valence-corrected chi connectivity index (χ4v) is 2.40. The first-order valence-electron chi connectivity index (χ1n) is 6.59. The largest absolute Gasteiger partial charge is 0.380 e. The van der Waals surface area contributed by atoms with Crippen molar-refractivity contribution in [3.8, 4) is 0 Å². The predicted octanol–water partition coefficient (Wildman–Crippen LogP) is 1.95. The van der Waals surface area contributed by atoms with E-state index in [0.29, 0.717) is 6.04 Å². The zero-order valence-corrected chi connectivity index (χ0v) is 10.7. The molecule has 3 rings (SSSR count). The quantitative estimate of drug-likeness (QED) is 0.908. The van der Waals surface area contributed by atoms with E-state index in [4.69, 9.17) is 0 Å². The average molecular weight is 255 g/mol. The van der Waals surface area contributed by atoms with Crippen LogP contribution in [0, 0.1) is 0 Å². The van der Waals surface area contributed by atoms with E-state index in [-0.39, 0.29) is 0 Å². The third-order valence-corrected chi connectivity index (χ3v) is 3.40. The molecule has 1 aliphatic heterocycles. The van der Waals surface area contributed by atoms with Crippen LogP contribution in [0.2, 0.25) is 0 Å². The molecule has 0 aliphatic carbocycles. The highest BCUT2D eigenvalue weighted by molar-refractivity contribution is 5.41. The molecular formula is C14H17N5. The molecule has 0 aromatic carbocycles. The first kappa shape index (κ1) is 11.9. The third-order valence-electron chi connectivity index (χ3n) is 3.40. The maximum atomic E-state index is 4.40. The Morgan fingerprint density at radius 2 is 1.89 bits per heavy atom. The van der Waals surface area contributed by atoms with Gasteiger partial charge >= 0.3 is 0 Å². The van der Waals surface area contributed by atoms with Crippen molar-refractivity contribution in [1.29, 1.82) is 0 Å². The number of hydrogen-bond acceptors (Lipinski definition) is 5. The molecule has 0 spiro atoms. The number of anilines is 2. The summed E-state index contributed by atoms with van der Waals surface area (Å²) in [6, 6.07) is 6.55. The van der Waals surface area contributed by atoms with Crippen LogP contribution in [-0.2, 0) is 0 Å². The molecule has 0 unspecified atom stereocenters. The fourth-order valence-electron chi connectivity index (χ4n) is 2.40. The van der Waals surface area contributed by atoms with Crippen molar-refractivity contribution < 1.29 is 0 Å². The summed E-state index contributed by atoms with van der Waals surface area (Å²) < 4.78 is 0. The highest BCUT2D eigenvalue weighted by atomic mass is 15.2. The summed E-state index contributed by atoms with van der Waals surface area (Å²) in [4.78, 5) is 14.8. The van der Waals surface area contributed by atoms with Crippen LogP contribution in [0.15, 0.2) is 43.1 Å². The fraction of sp³-hybridized carbons (Fsp3) is 0.357. The molecule has 3 heterocycles. The Hall–Kier alpha value is -2.17. The molecule has 2 aromatic rings. The smallest absolute Gasteiger partial charge is 0.128 e. The van der Waals surface area contributed by atoms with E-state index >= 15 is 0 Å². The van der Waals surface area contributed by atoms with Crippen LogP contribution >= 0.6 is 0 Å². The van der Waals surface area contributed by atoms with Gasteiger partial charge in [0, 0.05) is 25.3 Å². The van der Waals surface area contributed by atoms with Crippen LogP contribution in [0.25, 0.3) is 0 Å². The van der Waals surface area contributed by atoms with Crippen molar-refractivity contribution in [2.75, 3.05) is 23.3 Å². The van der Waals surface area contributed by atoms with Crippen LogP contribution in [0.3, 0.4) is 0 Å². The van der Waals surface area contributed by atoms with Crippen LogP contribution in [0.4, 0.5) is 11.5 Å². The standard InChI is InChI=1S/C14H17N5/c1-2-6-17-14(3-1)19-7-4-12(5-8-19)18-13-9-15-11-16-10-13/h1-3,6,9-12,18H,4-5,7-8H2. The van der Waals surface area contributed by atoms with Crippen LogP contribution in [-0.4, -0.2) is 34.1 Å². The Morgan fingerprint density at radius 3 is 2.58 bits per heavy atom. The predicted molar refractivity (Wildman–Crippen MR) is 75.1 cm³/mol. The highest BCUT2D eigenvalue weighted by Gasteiger charge is 2.19. The molecule has 0 atom stereocenters. The van der Waals surface area contributed by atoms with Crippen molar-refractivity contribution in [1.82, 2.24) is 15.0 Å². The molecule has 2 aromatic heterocycles. The van der Waals surface area contributed by atoms with Crippen LogP contribution in [0.1, 0.15) is 12.8 Å². The highest BCUT2D eigenvalue weighted by Crippen LogP contribution is 2.19. The lowest BCUT2D eigenvalue weighted by Crippen LogP contribution is -2.39. The zero-order chi connectivity index (χ0) is 12.9. The number of nitrogens with one attached hydrogen (secondary N) is 1. The molecule has 0 amide bonds. The second kappa shape index (κ2) is 5.65. The molecule has 0 radical (unpaired) electrons. The minimum atomic E-state index is 0.492. The van der Waals surface area contributed by atoms with Gasteiger partial charge in [0.1, 0.15) is 12.1 Å². The van der Waals surface area contributed by atoms with E-state index in [0.717, 1.165) is 37.4 Å². The molecule has 1 fully saturated rings. The zero-order valence-electron chi connectivity index (χ0n) is 10.7. The average Bonchev–Trinajstić information content (AvgIpc) is 2.50. The van der Waals surface area contributed by atoms with Gasteiger partial charge in [0.2, 0.25) is 0 Å². The number of piperidine rings is 1. The van der Waals surface area contributed by atoms with Gasteiger partial charge < -0.3 is 10.2 Å². The minimum absolute atomic E-state index is 0.492. The number of pyridine rings is 1. The van der Waals surface area contributed by atoms with Crippen molar-refractivity contribution in [2.24, 2.45) is 0 Å². The van der Waals surface area contributed by atoms with Crippen molar-refractivity contribution in [2.45, 2.75) is 18.9 Å². The van der Waals surface area contributed by atoms with E-state index in [1.165, 1.54) is 0 Å². The maximum Gasteiger partial charge on any atom is 0.128 e. The first-order chi connectivity index (χ1) is 9.42. The summed E-state index contributed by atoms with van der Waals surface area (Å²) in [5.41, 5.74) is 0.999. The van der Waals surface area contributed by atoms with Crippen molar-refractivity contribution in [3.63, 3.8) is 0 Å². The topological polar surface area (TPSA) is 53.9 Å². The molecule has 19 heavy (non-hydrogen) atoms. The van der Waals surface area contributed by atoms with Gasteiger partial charge in [0.05, 0.1) is 18.1 Å². The van der Waals surface area contributed by atoms with E-state index in [9.17, 15) is 0 Å². The summed E-state index contributed by atoms with van der Waals surface area (Å²) in [6.45, 7) is 2.06. The first-order valence-corrected chi connectivity index (χ1v) is 6.59. The summed E-state index contributed by atoms with van der Waals surface area (Å²) >= 11 is 0. The van der Waals surface area contributed by atoms with Gasteiger partial charge in [-0.2, -0.15) is 0 Å². The van der Waals surface area contributed by atoms with Crippen LogP contribution < -0.4 is 10.2 Å². The SMILES string of the molecule is c1ccc(N2CCC(Nc3cncnc3)CC2)nc1. The molecule has 1 saturated heterocycles. The second-order valence-corrected chi connectivity index (χ2v) is 4.72. The monoisotopic (exact) mass is 255 g/mol. The van der Waals surface area contributed by atoms with Gasteiger partial charge in [-0.05, 0) is 25.0 Å². The summed E-state index contributed by atoms with van der Waals surface area (Å²) in [7, 11) is 0. The van der Waals surface area contributed by atoms with Gasteiger partial charge in [-0.25, -0.2) is 15.0 Å². The molecule has 0 saturated carbocycles. The van der Waals surface area contributed by atoms with E-state index in [1.54, 1.807) is 6.33 Å². The lowest BCUT2D eigenvalue weighted by atomic mass is 10.0. The summed E-state index contributed by atoms with van der Waals surface area (Å²) in [5.74, 6) is 1.07. The van der Waals surface area contributed by atoms with E-state index in [2.05, 4.69) is 31.2 Å². The molecule has 1 aliphatic rings. The minimum Gasteiger partial charge on any atom is -0.380 e. The number of nitrogens with zero attached hydrogens (tertiary/aromatic N) is 4. The van der Waals surface area contributed by atoms with Crippen LogP contribution in [0.5, 0.6) is 0 Å².